The molecule has 3 aromatic rings. The molecule has 0 saturated heterocycles. The van der Waals surface area contributed by atoms with Gasteiger partial charge in [-0.05, 0) is 11.3 Å². The Hall–Kier alpha value is -3.73. The van der Waals surface area contributed by atoms with Crippen LogP contribution in [0.5, 0.6) is 0 Å². The summed E-state index contributed by atoms with van der Waals surface area (Å²) in [5.74, 6) is -11.9. The van der Waals surface area contributed by atoms with E-state index in [1.807, 2.05) is 0 Å². The van der Waals surface area contributed by atoms with E-state index < -0.39 is 69.7 Å². The van der Waals surface area contributed by atoms with Crippen LogP contribution < -0.4 is 10.2 Å². The van der Waals surface area contributed by atoms with E-state index in [9.17, 15) is 46.8 Å². The molecule has 3 rings (SSSR count). The van der Waals surface area contributed by atoms with E-state index in [-0.39, 0.29) is 20.7 Å². The number of benzene rings is 1. The van der Waals surface area contributed by atoms with Crippen molar-refractivity contribution in [1.82, 2.24) is 9.97 Å². The van der Waals surface area contributed by atoms with E-state index in [4.69, 9.17) is 0 Å². The molecule has 0 saturated carbocycles. The van der Waals surface area contributed by atoms with Gasteiger partial charge in [-0.2, -0.15) is 0 Å². The second-order valence-electron chi connectivity index (χ2n) is 6.02. The van der Waals surface area contributed by atoms with Gasteiger partial charge in [0.15, 0.2) is 33.5 Å². The van der Waals surface area contributed by atoms with Crippen molar-refractivity contribution in [2.24, 2.45) is 0 Å². The second kappa shape index (κ2) is 9.41. The molecule has 2 amide bonds. The number of nitrogens with zero attached hydrogens (tertiary/aromatic N) is 4. The predicted octanol–water partition coefficient (Wildman–Crippen LogP) is 4.07. The third kappa shape index (κ3) is 5.03. The fourth-order valence-corrected chi connectivity index (χ4v) is 3.87. The highest BCUT2D eigenvalue weighted by atomic mass is 32.1. The molecule has 2 aromatic heterocycles. The number of carboxylic acid groups (broad SMARTS) is 1. The maximum Gasteiger partial charge on any atom is 0.413 e. The molecule has 17 heteroatoms. The van der Waals surface area contributed by atoms with E-state index in [0.717, 1.165) is 6.20 Å². The van der Waals surface area contributed by atoms with Crippen LogP contribution in [0.25, 0.3) is 0 Å². The first-order valence-electron chi connectivity index (χ1n) is 8.34. The molecule has 10 nitrogen and oxygen atoms in total. The second-order valence-corrected chi connectivity index (χ2v) is 7.87. The van der Waals surface area contributed by atoms with Gasteiger partial charge < -0.3 is 10.4 Å². The molecule has 174 valence electrons. The summed E-state index contributed by atoms with van der Waals surface area (Å²) in [6, 6.07) is 0. The molecule has 0 aliphatic carbocycles. The molecule has 2 N–H and O–H groups in total. The Morgan fingerprint density at radius 1 is 1.12 bits per heavy atom. The number of nitrogens with one attached hydrogen (secondary N) is 1. The number of amides is 2. The number of hydrogen-bond acceptors (Lipinski definition) is 8. The monoisotopic (exact) mass is 509 g/mol. The Bertz CT molecular complexity index is 1240. The molecule has 0 atom stereocenters. The van der Waals surface area contributed by atoms with E-state index in [2.05, 4.69) is 15.3 Å². The largest absolute Gasteiger partial charge is 0.465 e. The minimum atomic E-state index is -2.39. The van der Waals surface area contributed by atoms with Crippen molar-refractivity contribution in [2.45, 2.75) is 13.0 Å². The van der Waals surface area contributed by atoms with Crippen LogP contribution in [0.1, 0.15) is 11.3 Å². The average Bonchev–Trinajstić information content (AvgIpc) is 3.40. The number of carbonyl (C=O) groups is 2. The Kier molecular flexibility index (Phi) is 6.82. The molecule has 0 radical (unpaired) electrons. The van der Waals surface area contributed by atoms with Crippen LogP contribution in [0.3, 0.4) is 0 Å². The van der Waals surface area contributed by atoms with Gasteiger partial charge in [-0.3, -0.25) is 14.9 Å². The van der Waals surface area contributed by atoms with Crippen molar-refractivity contribution in [3.63, 3.8) is 0 Å². The minimum absolute atomic E-state index is 0.00205. The van der Waals surface area contributed by atoms with E-state index in [1.165, 1.54) is 5.38 Å². The molecular weight excluding hydrogens is 501 g/mol. The SMILES string of the molecule is O=C(Cc1csc(N(Cc2c(F)c(F)c(F)c(F)c2F)C(=O)O)n1)Nc1ncc([N+](=O)[O-])s1. The molecule has 0 bridgehead atoms. The van der Waals surface area contributed by atoms with E-state index >= 15 is 0 Å². The van der Waals surface area contributed by atoms with Gasteiger partial charge in [0.05, 0.1) is 23.6 Å². The molecule has 1 aromatic carbocycles. The van der Waals surface area contributed by atoms with Crippen LogP contribution in [-0.4, -0.2) is 32.0 Å². The number of hydrogen-bond donors (Lipinski definition) is 2. The molecule has 0 aliphatic rings. The smallest absolute Gasteiger partial charge is 0.413 e. The van der Waals surface area contributed by atoms with Gasteiger partial charge in [-0.1, -0.05) is 0 Å². The number of halogens is 5. The highest BCUT2D eigenvalue weighted by molar-refractivity contribution is 7.18. The standard InChI is InChI=1S/C16H8F5N5O5S2/c17-9-6(10(18)12(20)13(21)11(9)19)3-25(16(28)29)15-23-5(4-32-15)1-7(27)24-14-22-2-8(33-14)26(30)31/h2,4H,1,3H2,(H,28,29)(H,22,24,27). The number of aromatic nitrogens is 2. The summed E-state index contributed by atoms with van der Waals surface area (Å²) in [5, 5.41) is 22.7. The van der Waals surface area contributed by atoms with Crippen molar-refractivity contribution in [3.8, 4) is 0 Å². The maximum absolute atomic E-state index is 13.9. The van der Waals surface area contributed by atoms with Crippen molar-refractivity contribution >= 4 is 49.9 Å². The molecule has 0 spiro atoms. The summed E-state index contributed by atoms with van der Waals surface area (Å²) < 4.78 is 67.8. The highest BCUT2D eigenvalue weighted by Crippen LogP contribution is 2.29. The van der Waals surface area contributed by atoms with Crippen molar-refractivity contribution < 1.29 is 41.6 Å². The van der Waals surface area contributed by atoms with Crippen LogP contribution >= 0.6 is 22.7 Å². The molecule has 0 unspecified atom stereocenters. The van der Waals surface area contributed by atoms with E-state index in [0.29, 0.717) is 22.7 Å². The van der Waals surface area contributed by atoms with Crippen molar-refractivity contribution in [2.75, 3.05) is 10.2 Å². The first kappa shape index (κ1) is 23.9. The lowest BCUT2D eigenvalue weighted by Gasteiger charge is -2.17. The van der Waals surface area contributed by atoms with Gasteiger partial charge in [0.2, 0.25) is 11.7 Å². The Balaban J connectivity index is 1.77. The first-order chi connectivity index (χ1) is 15.5. The third-order valence-corrected chi connectivity index (χ3v) is 5.66. The summed E-state index contributed by atoms with van der Waals surface area (Å²) in [6.07, 6.45) is -1.30. The molecule has 0 aliphatic heterocycles. The lowest BCUT2D eigenvalue weighted by atomic mass is 10.1. The van der Waals surface area contributed by atoms with Crippen LogP contribution in [0.2, 0.25) is 0 Å². The van der Waals surface area contributed by atoms with E-state index in [1.54, 1.807) is 0 Å². The Labute approximate surface area is 187 Å². The van der Waals surface area contributed by atoms with Gasteiger partial charge >= 0.3 is 11.1 Å². The lowest BCUT2D eigenvalue weighted by Crippen LogP contribution is -2.30. The van der Waals surface area contributed by atoms with Gasteiger partial charge in [-0.15, -0.1) is 11.3 Å². The number of carbonyl (C=O) groups excluding carboxylic acids is 1. The fourth-order valence-electron chi connectivity index (χ4n) is 2.40. The minimum Gasteiger partial charge on any atom is -0.465 e. The lowest BCUT2D eigenvalue weighted by molar-refractivity contribution is -0.380. The number of thiazole rings is 2. The summed E-state index contributed by atoms with van der Waals surface area (Å²) in [5.41, 5.74) is -1.38. The molecule has 33 heavy (non-hydrogen) atoms. The molecule has 0 fully saturated rings. The van der Waals surface area contributed by atoms with Crippen LogP contribution in [0, 0.1) is 39.2 Å². The summed E-state index contributed by atoms with van der Waals surface area (Å²) in [6.45, 7) is -1.25. The van der Waals surface area contributed by atoms with Gasteiger partial charge in [0.25, 0.3) is 0 Å². The van der Waals surface area contributed by atoms with Crippen molar-refractivity contribution in [1.29, 1.82) is 0 Å². The summed E-state index contributed by atoms with van der Waals surface area (Å²) in [4.78, 5) is 41.3. The number of rotatable bonds is 7. The predicted molar refractivity (Wildman–Crippen MR) is 104 cm³/mol. The quantitative estimate of drug-likeness (QED) is 0.161. The summed E-state index contributed by atoms with van der Waals surface area (Å²) in [7, 11) is 0. The maximum atomic E-state index is 13.9. The van der Waals surface area contributed by atoms with Gasteiger partial charge in [-0.25, -0.2) is 41.6 Å². The van der Waals surface area contributed by atoms with Crippen molar-refractivity contribution in [3.05, 3.63) is 62.0 Å². The zero-order valence-electron chi connectivity index (χ0n) is 15.6. The zero-order chi connectivity index (χ0) is 24.4. The van der Waals surface area contributed by atoms with Crippen LogP contribution in [0.15, 0.2) is 11.6 Å². The third-order valence-electron chi connectivity index (χ3n) is 3.88. The molecule has 2 heterocycles. The normalized spacial score (nSPS) is 10.8. The van der Waals surface area contributed by atoms with Crippen LogP contribution in [0.4, 0.5) is 42.0 Å². The van der Waals surface area contributed by atoms with Gasteiger partial charge in [0.1, 0.15) is 6.20 Å². The summed E-state index contributed by atoms with van der Waals surface area (Å²) >= 11 is 1.23. The highest BCUT2D eigenvalue weighted by Gasteiger charge is 2.29. The molecular formula is C16H8F5N5O5S2. The van der Waals surface area contributed by atoms with Gasteiger partial charge in [0, 0.05) is 10.9 Å². The first-order valence-corrected chi connectivity index (χ1v) is 10.0. The van der Waals surface area contributed by atoms with Crippen LogP contribution in [-0.2, 0) is 17.8 Å². The average molecular weight is 509 g/mol. The Morgan fingerprint density at radius 2 is 1.73 bits per heavy atom. The topological polar surface area (TPSA) is 139 Å². The Morgan fingerprint density at radius 3 is 2.27 bits per heavy atom. The number of anilines is 2. The number of nitro groups is 1. The fraction of sp³-hybridized carbons (Fsp3) is 0.125. The zero-order valence-corrected chi connectivity index (χ0v) is 17.3.